The van der Waals surface area contributed by atoms with Gasteiger partial charge in [-0.3, -0.25) is 4.79 Å². The Balaban J connectivity index is -0.000000126. The van der Waals surface area contributed by atoms with Gasteiger partial charge in [0.05, 0.1) is 0 Å². The summed E-state index contributed by atoms with van der Waals surface area (Å²) in [4.78, 5) is 28.5. The molecule has 6 nitrogen and oxygen atoms in total. The Morgan fingerprint density at radius 3 is 1.36 bits per heavy atom. The molecule has 0 aromatic carbocycles. The molecule has 0 aliphatic heterocycles. The molecule has 0 fully saturated rings. The number of unbranched alkanes of at least 4 members (excludes halogenated alkanes) is 11. The Morgan fingerprint density at radius 2 is 1.00 bits per heavy atom. The van der Waals surface area contributed by atoms with Gasteiger partial charge in [-0.05, 0) is 32.1 Å². The zero-order valence-electron chi connectivity index (χ0n) is 20.1. The molecule has 0 aromatic rings. The third kappa shape index (κ3) is 38.1. The van der Waals surface area contributed by atoms with E-state index in [-0.39, 0.29) is 106 Å². The maximum absolute atomic E-state index is 10.3. The van der Waals surface area contributed by atoms with Gasteiger partial charge in [-0.25, -0.2) is 9.59 Å². The van der Waals surface area contributed by atoms with Crippen molar-refractivity contribution in [3.63, 3.8) is 0 Å². The molecule has 28 heavy (non-hydrogen) atoms. The van der Waals surface area contributed by atoms with Crippen molar-refractivity contribution in [3.8, 4) is 0 Å². The van der Waals surface area contributed by atoms with Crippen LogP contribution < -0.4 is 103 Å². The number of allylic oxidation sites excluding steroid dienone is 2. The van der Waals surface area contributed by atoms with Gasteiger partial charge in [-0.15, -0.1) is 0 Å². The second kappa shape index (κ2) is 30.6. The van der Waals surface area contributed by atoms with E-state index in [0.29, 0.717) is 6.42 Å². The predicted octanol–water partition coefficient (Wildman–Crippen LogP) is -0.503. The molecule has 0 rings (SSSR count). The SMILES string of the molecule is CCCCCCCCC=CCCCCCCCC(=O)O.O=C(O)C(=O)O.[H-].[H-].[K+].[K+]. The summed E-state index contributed by atoms with van der Waals surface area (Å²) in [7, 11) is 0. The first-order chi connectivity index (χ1) is 12.4. The number of carboxylic acid groups (broad SMARTS) is 3. The fourth-order valence-electron chi connectivity index (χ4n) is 2.35. The molecule has 0 atom stereocenters. The van der Waals surface area contributed by atoms with Crippen molar-refractivity contribution in [2.75, 3.05) is 0 Å². The van der Waals surface area contributed by atoms with E-state index >= 15 is 0 Å². The quantitative estimate of drug-likeness (QED) is 0.134. The second-order valence-corrected chi connectivity index (χ2v) is 6.34. The summed E-state index contributed by atoms with van der Waals surface area (Å²) in [6, 6.07) is 0. The molecule has 0 saturated carbocycles. The van der Waals surface area contributed by atoms with Gasteiger partial charge in [0.25, 0.3) is 0 Å². The van der Waals surface area contributed by atoms with Gasteiger partial charge in [0.2, 0.25) is 0 Å². The van der Waals surface area contributed by atoms with Crippen LogP contribution in [-0.4, -0.2) is 33.2 Å². The first-order valence-electron chi connectivity index (χ1n) is 9.74. The summed E-state index contributed by atoms with van der Waals surface area (Å²) in [6.07, 6.45) is 21.2. The number of hydrogen-bond acceptors (Lipinski definition) is 3. The van der Waals surface area contributed by atoms with E-state index in [1.807, 2.05) is 0 Å². The van der Waals surface area contributed by atoms with Gasteiger partial charge in [-0.2, -0.15) is 0 Å². The van der Waals surface area contributed by atoms with Crippen molar-refractivity contribution >= 4 is 17.9 Å². The zero-order valence-corrected chi connectivity index (χ0v) is 24.4. The molecule has 0 aliphatic carbocycles. The van der Waals surface area contributed by atoms with Crippen molar-refractivity contribution < 1.29 is 135 Å². The summed E-state index contributed by atoms with van der Waals surface area (Å²) < 4.78 is 0. The molecule has 0 radical (unpaired) electrons. The Hall–Kier alpha value is 1.42. The van der Waals surface area contributed by atoms with E-state index in [1.54, 1.807) is 0 Å². The van der Waals surface area contributed by atoms with Crippen molar-refractivity contribution in [1.29, 1.82) is 0 Å². The first-order valence-corrected chi connectivity index (χ1v) is 9.74. The van der Waals surface area contributed by atoms with E-state index < -0.39 is 17.9 Å². The standard InChI is InChI=1S/C18H34O2.C2H2O4.2K.2H/c1-2-3-4-5-6-7-8-9-10-11-12-13-14-15-16-17-18(19)20;3-1(4)2(5)6;;;;/h9-10H,2-8,11-17H2,1H3,(H,19,20);(H,3,4)(H,5,6);;;;/q;;2*+1;2*-1. The van der Waals surface area contributed by atoms with Gasteiger partial charge >= 0.3 is 121 Å². The Labute approximate surface area is 258 Å². The minimum atomic E-state index is -1.82. The number of carbonyl (C=O) groups is 3. The molecule has 0 aliphatic rings. The van der Waals surface area contributed by atoms with Crippen LogP contribution in [0.4, 0.5) is 0 Å². The van der Waals surface area contributed by atoms with Crippen molar-refractivity contribution in [1.82, 2.24) is 0 Å². The van der Waals surface area contributed by atoms with Crippen LogP contribution in [0.25, 0.3) is 0 Å². The average molecular weight is 453 g/mol. The van der Waals surface area contributed by atoms with Crippen LogP contribution in [0.15, 0.2) is 12.2 Å². The maximum Gasteiger partial charge on any atom is 1.00 e. The third-order valence-corrected chi connectivity index (χ3v) is 3.84. The van der Waals surface area contributed by atoms with E-state index in [2.05, 4.69) is 19.1 Å². The van der Waals surface area contributed by atoms with Crippen LogP contribution >= 0.6 is 0 Å². The molecule has 0 heterocycles. The number of rotatable bonds is 15. The van der Waals surface area contributed by atoms with Crippen LogP contribution in [0.3, 0.4) is 0 Å². The summed E-state index contributed by atoms with van der Waals surface area (Å²) in [5, 5.41) is 23.3. The van der Waals surface area contributed by atoms with Gasteiger partial charge in [0.15, 0.2) is 0 Å². The molecule has 0 unspecified atom stereocenters. The van der Waals surface area contributed by atoms with Crippen LogP contribution in [-0.2, 0) is 14.4 Å². The van der Waals surface area contributed by atoms with Crippen LogP contribution in [0.2, 0.25) is 0 Å². The molecule has 3 N–H and O–H groups in total. The number of aliphatic carboxylic acids is 3. The van der Waals surface area contributed by atoms with E-state index in [4.69, 9.17) is 24.9 Å². The smallest absolute Gasteiger partial charge is 1.00 e. The van der Waals surface area contributed by atoms with E-state index in [0.717, 1.165) is 12.8 Å². The molecule has 0 amide bonds. The van der Waals surface area contributed by atoms with Crippen molar-refractivity contribution in [2.45, 2.75) is 96.8 Å². The number of hydrogen-bond donors (Lipinski definition) is 3. The molecule has 0 bridgehead atoms. The van der Waals surface area contributed by atoms with Gasteiger partial charge < -0.3 is 18.2 Å². The molecular weight excluding hydrogens is 414 g/mol. The Bertz CT molecular complexity index is 399. The fraction of sp³-hybridized carbons (Fsp3) is 0.750. The minimum absolute atomic E-state index is 0. The summed E-state index contributed by atoms with van der Waals surface area (Å²) in [5.41, 5.74) is 0. The van der Waals surface area contributed by atoms with E-state index in [9.17, 15) is 4.79 Å². The summed E-state index contributed by atoms with van der Waals surface area (Å²) >= 11 is 0. The van der Waals surface area contributed by atoms with Gasteiger partial charge in [0.1, 0.15) is 0 Å². The maximum atomic E-state index is 10.3. The molecule has 0 saturated heterocycles. The van der Waals surface area contributed by atoms with Crippen LogP contribution in [0.5, 0.6) is 0 Å². The Kier molecular flexibility index (Phi) is 40.2. The minimum Gasteiger partial charge on any atom is -1.00 e. The molecule has 8 heteroatoms. The number of carboxylic acids is 3. The van der Waals surface area contributed by atoms with Crippen molar-refractivity contribution in [2.24, 2.45) is 0 Å². The molecule has 0 aromatic heterocycles. The molecular formula is C20H38K2O6. The van der Waals surface area contributed by atoms with E-state index in [1.165, 1.54) is 70.6 Å². The van der Waals surface area contributed by atoms with Gasteiger partial charge in [0, 0.05) is 6.42 Å². The monoisotopic (exact) mass is 452 g/mol. The predicted molar refractivity (Wildman–Crippen MR) is 105 cm³/mol. The average Bonchev–Trinajstić information content (AvgIpc) is 2.58. The van der Waals surface area contributed by atoms with Crippen LogP contribution in [0.1, 0.15) is 99.7 Å². The zero-order chi connectivity index (χ0) is 20.0. The topological polar surface area (TPSA) is 112 Å². The largest absolute Gasteiger partial charge is 1.00 e. The van der Waals surface area contributed by atoms with Crippen LogP contribution in [0, 0.1) is 0 Å². The first kappa shape index (κ1) is 36.8. The third-order valence-electron chi connectivity index (χ3n) is 3.84. The fourth-order valence-corrected chi connectivity index (χ4v) is 2.35. The van der Waals surface area contributed by atoms with Crippen molar-refractivity contribution in [3.05, 3.63) is 12.2 Å². The van der Waals surface area contributed by atoms with Gasteiger partial charge in [-0.1, -0.05) is 70.4 Å². The Morgan fingerprint density at radius 1 is 0.643 bits per heavy atom. The second-order valence-electron chi connectivity index (χ2n) is 6.34. The molecule has 0 spiro atoms. The summed E-state index contributed by atoms with van der Waals surface area (Å²) in [6.45, 7) is 2.26. The normalized spacial score (nSPS) is 9.61. The molecule has 156 valence electrons. The summed E-state index contributed by atoms with van der Waals surface area (Å²) in [5.74, 6) is -4.31.